The number of carbonyl (C=O) groups excluding carboxylic acids is 1. The van der Waals surface area contributed by atoms with Crippen LogP contribution in [0.2, 0.25) is 0 Å². The van der Waals surface area contributed by atoms with Crippen LogP contribution >= 0.6 is 15.9 Å². The van der Waals surface area contributed by atoms with Gasteiger partial charge < -0.3 is 20.9 Å². The fourth-order valence-electron chi connectivity index (χ4n) is 1.68. The molecular weight excluding hydrogens is 288 g/mol. The van der Waals surface area contributed by atoms with Gasteiger partial charge in [-0.15, -0.1) is 0 Å². The number of amides is 1. The van der Waals surface area contributed by atoms with E-state index in [4.69, 9.17) is 20.9 Å². The number of carbonyl (C=O) groups is 1. The van der Waals surface area contributed by atoms with Gasteiger partial charge in [-0.3, -0.25) is 4.79 Å². The van der Waals surface area contributed by atoms with E-state index < -0.39 is 11.9 Å². The first-order valence-corrected chi connectivity index (χ1v) is 6.00. The first-order chi connectivity index (χ1) is 8.08. The van der Waals surface area contributed by atoms with Crippen LogP contribution in [0.15, 0.2) is 16.6 Å². The number of benzene rings is 1. The Labute approximate surface area is 107 Å². The van der Waals surface area contributed by atoms with Crippen LogP contribution in [0.3, 0.4) is 0 Å². The van der Waals surface area contributed by atoms with E-state index in [1.807, 2.05) is 6.07 Å². The minimum absolute atomic E-state index is 0.103. The number of primary amides is 1. The third-order valence-corrected chi connectivity index (χ3v) is 3.06. The van der Waals surface area contributed by atoms with Gasteiger partial charge in [0.15, 0.2) is 11.5 Å². The summed E-state index contributed by atoms with van der Waals surface area (Å²) in [4.78, 5) is 10.8. The molecule has 92 valence electrons. The third-order valence-electron chi connectivity index (χ3n) is 2.47. The number of fused-ring (bicyclic) bond motifs is 1. The molecule has 1 heterocycles. The molecule has 0 saturated carbocycles. The summed E-state index contributed by atoms with van der Waals surface area (Å²) in [5.74, 6) is 0.885. The Kier molecular flexibility index (Phi) is 3.54. The Morgan fingerprint density at radius 2 is 2.12 bits per heavy atom. The molecule has 0 bridgehead atoms. The lowest BCUT2D eigenvalue weighted by molar-refractivity contribution is -0.118. The first-order valence-electron chi connectivity index (χ1n) is 5.21. The zero-order valence-electron chi connectivity index (χ0n) is 9.11. The van der Waals surface area contributed by atoms with Gasteiger partial charge >= 0.3 is 0 Å². The van der Waals surface area contributed by atoms with E-state index in [0.717, 1.165) is 10.0 Å². The van der Waals surface area contributed by atoms with E-state index in [0.29, 0.717) is 24.7 Å². The highest BCUT2D eigenvalue weighted by atomic mass is 79.9. The number of halogens is 1. The molecule has 0 spiro atoms. The van der Waals surface area contributed by atoms with Gasteiger partial charge in [0.05, 0.1) is 4.47 Å². The Bertz CT molecular complexity index is 451. The average Bonchev–Trinajstić information content (AvgIpc) is 2.28. The number of ether oxygens (including phenoxy) is 2. The maximum atomic E-state index is 10.8. The molecule has 17 heavy (non-hydrogen) atoms. The van der Waals surface area contributed by atoms with Crippen molar-refractivity contribution >= 4 is 21.8 Å². The predicted octanol–water partition coefficient (Wildman–Crippen LogP) is 1.10. The number of nitrogens with two attached hydrogens (primary N) is 2. The summed E-state index contributed by atoms with van der Waals surface area (Å²) in [5, 5.41) is 0. The first kappa shape index (κ1) is 12.2. The summed E-state index contributed by atoms with van der Waals surface area (Å²) in [6, 6.07) is 3.17. The van der Waals surface area contributed by atoms with E-state index in [1.54, 1.807) is 6.07 Å². The van der Waals surface area contributed by atoms with Gasteiger partial charge in [-0.2, -0.15) is 0 Å². The normalized spacial score (nSPS) is 15.4. The molecule has 2 rings (SSSR count). The Balaban J connectivity index is 2.30. The lowest BCUT2D eigenvalue weighted by Crippen LogP contribution is -2.21. The van der Waals surface area contributed by atoms with Crippen LogP contribution < -0.4 is 20.9 Å². The second kappa shape index (κ2) is 4.93. The zero-order chi connectivity index (χ0) is 12.4. The van der Waals surface area contributed by atoms with Crippen LogP contribution in [-0.2, 0) is 4.79 Å². The van der Waals surface area contributed by atoms with E-state index >= 15 is 0 Å². The topological polar surface area (TPSA) is 87.6 Å². The van der Waals surface area contributed by atoms with Gasteiger partial charge in [0.2, 0.25) is 5.91 Å². The fourth-order valence-corrected chi connectivity index (χ4v) is 2.25. The molecule has 0 radical (unpaired) electrons. The molecule has 0 aliphatic carbocycles. The van der Waals surface area contributed by atoms with Crippen LogP contribution in [0, 0.1) is 0 Å². The summed E-state index contributed by atoms with van der Waals surface area (Å²) in [6.45, 7) is 1.03. The minimum atomic E-state index is -0.431. The molecule has 1 aromatic carbocycles. The highest BCUT2D eigenvalue weighted by Crippen LogP contribution is 2.39. The lowest BCUT2D eigenvalue weighted by Gasteiger charge is -2.21. The largest absolute Gasteiger partial charge is 0.486 e. The van der Waals surface area contributed by atoms with Crippen LogP contribution in [0.5, 0.6) is 11.5 Å². The molecule has 0 saturated heterocycles. The van der Waals surface area contributed by atoms with Crippen molar-refractivity contribution in [3.8, 4) is 11.5 Å². The predicted molar refractivity (Wildman–Crippen MR) is 65.9 cm³/mol. The van der Waals surface area contributed by atoms with E-state index in [9.17, 15) is 4.79 Å². The lowest BCUT2D eigenvalue weighted by atomic mass is 10.0. The minimum Gasteiger partial charge on any atom is -0.486 e. The summed E-state index contributed by atoms with van der Waals surface area (Å²) < 4.78 is 11.7. The van der Waals surface area contributed by atoms with Crippen molar-refractivity contribution in [3.63, 3.8) is 0 Å². The Morgan fingerprint density at radius 1 is 1.41 bits per heavy atom. The highest BCUT2D eigenvalue weighted by Gasteiger charge is 2.19. The molecule has 0 unspecified atom stereocenters. The van der Waals surface area contributed by atoms with E-state index in [1.165, 1.54) is 0 Å². The van der Waals surface area contributed by atoms with Crippen LogP contribution in [-0.4, -0.2) is 19.1 Å². The second-order valence-electron chi connectivity index (χ2n) is 3.80. The summed E-state index contributed by atoms with van der Waals surface area (Å²) in [5.41, 5.74) is 11.8. The quantitative estimate of drug-likeness (QED) is 0.875. The van der Waals surface area contributed by atoms with Crippen molar-refractivity contribution in [1.82, 2.24) is 0 Å². The molecule has 6 heteroatoms. The monoisotopic (exact) mass is 300 g/mol. The molecule has 1 atom stereocenters. The van der Waals surface area contributed by atoms with Gasteiger partial charge in [-0.1, -0.05) is 0 Å². The summed E-state index contributed by atoms with van der Waals surface area (Å²) >= 11 is 3.39. The smallest absolute Gasteiger partial charge is 0.219 e. The number of hydrogen-bond acceptors (Lipinski definition) is 4. The molecule has 1 amide bonds. The van der Waals surface area contributed by atoms with Gasteiger partial charge in [0, 0.05) is 12.5 Å². The van der Waals surface area contributed by atoms with Crippen molar-refractivity contribution in [2.24, 2.45) is 11.5 Å². The molecule has 0 fully saturated rings. The SMILES string of the molecule is NC(=O)C[C@H](N)c1cc(Br)c2c(c1)OCCO2. The van der Waals surface area contributed by atoms with Crippen molar-refractivity contribution in [2.75, 3.05) is 13.2 Å². The number of hydrogen-bond donors (Lipinski definition) is 2. The van der Waals surface area contributed by atoms with Crippen molar-refractivity contribution in [1.29, 1.82) is 0 Å². The molecule has 1 aliphatic heterocycles. The zero-order valence-corrected chi connectivity index (χ0v) is 10.7. The third kappa shape index (κ3) is 2.70. The van der Waals surface area contributed by atoms with Gasteiger partial charge in [-0.05, 0) is 33.6 Å². The van der Waals surface area contributed by atoms with Crippen molar-refractivity contribution in [2.45, 2.75) is 12.5 Å². The molecule has 1 aliphatic rings. The van der Waals surface area contributed by atoms with E-state index in [2.05, 4.69) is 15.9 Å². The molecule has 1 aromatic rings. The highest BCUT2D eigenvalue weighted by molar-refractivity contribution is 9.10. The molecule has 4 N–H and O–H groups in total. The van der Waals surface area contributed by atoms with Crippen LogP contribution in [0.4, 0.5) is 0 Å². The maximum absolute atomic E-state index is 10.8. The van der Waals surface area contributed by atoms with Gasteiger partial charge in [-0.25, -0.2) is 0 Å². The van der Waals surface area contributed by atoms with Gasteiger partial charge in [0.25, 0.3) is 0 Å². The van der Waals surface area contributed by atoms with Crippen LogP contribution in [0.25, 0.3) is 0 Å². The Morgan fingerprint density at radius 3 is 2.82 bits per heavy atom. The van der Waals surface area contributed by atoms with Gasteiger partial charge in [0.1, 0.15) is 13.2 Å². The van der Waals surface area contributed by atoms with Crippen molar-refractivity contribution < 1.29 is 14.3 Å². The second-order valence-corrected chi connectivity index (χ2v) is 4.66. The van der Waals surface area contributed by atoms with Crippen LogP contribution in [0.1, 0.15) is 18.0 Å². The maximum Gasteiger partial charge on any atom is 0.219 e. The summed E-state index contributed by atoms with van der Waals surface area (Å²) in [7, 11) is 0. The average molecular weight is 301 g/mol. The number of rotatable bonds is 3. The Hall–Kier alpha value is -1.27. The standard InChI is InChI=1S/C11H13BrN2O3/c12-7-3-6(8(13)5-10(14)15)4-9-11(7)17-2-1-16-9/h3-4,8H,1-2,5,13H2,(H2,14,15)/t8-/m0/s1. The molecular formula is C11H13BrN2O3. The molecule has 5 nitrogen and oxygen atoms in total. The van der Waals surface area contributed by atoms with Crippen molar-refractivity contribution in [3.05, 3.63) is 22.2 Å². The van der Waals surface area contributed by atoms with E-state index in [-0.39, 0.29) is 6.42 Å². The summed E-state index contributed by atoms with van der Waals surface area (Å²) in [6.07, 6.45) is 0.103. The fraction of sp³-hybridized carbons (Fsp3) is 0.364. The molecule has 0 aromatic heterocycles.